The highest BCUT2D eigenvalue weighted by atomic mass is 35.5. The van der Waals surface area contributed by atoms with Gasteiger partial charge in [-0.2, -0.15) is 5.10 Å². The number of hydrogen-bond acceptors (Lipinski definition) is 2. The van der Waals surface area contributed by atoms with Gasteiger partial charge in [-0.25, -0.2) is 0 Å². The molecule has 0 atom stereocenters. The maximum absolute atomic E-state index is 5.77. The summed E-state index contributed by atoms with van der Waals surface area (Å²) in [4.78, 5) is 1.92. The quantitative estimate of drug-likeness (QED) is 0.778. The van der Waals surface area contributed by atoms with Gasteiger partial charge in [-0.15, -0.1) is 0 Å². The van der Waals surface area contributed by atoms with E-state index in [4.69, 9.17) is 23.2 Å². The van der Waals surface area contributed by atoms with Gasteiger partial charge < -0.3 is 4.90 Å². The third-order valence-corrected chi connectivity index (χ3v) is 2.20. The Labute approximate surface area is 87.5 Å². The number of halogens is 2. The molecule has 0 radical (unpaired) electrons. The molecule has 0 aliphatic carbocycles. The highest BCUT2D eigenvalue weighted by Crippen LogP contribution is 2.12. The Balaban J connectivity index is 2.63. The Morgan fingerprint density at radius 1 is 1.77 bits per heavy atom. The highest BCUT2D eigenvalue weighted by molar-refractivity contribution is 6.36. The molecule has 0 bridgehead atoms. The maximum Gasteiger partial charge on any atom is 0.150 e. The highest BCUT2D eigenvalue weighted by Gasteiger charge is 2.04. The van der Waals surface area contributed by atoms with Gasteiger partial charge in [0.15, 0.2) is 5.82 Å². The lowest BCUT2D eigenvalue weighted by atomic mass is 10.5. The first-order valence-electron chi connectivity index (χ1n) is 3.79. The zero-order chi connectivity index (χ0) is 9.84. The first-order valence-corrected chi connectivity index (χ1v) is 4.60. The van der Waals surface area contributed by atoms with Gasteiger partial charge in [0.1, 0.15) is 0 Å². The van der Waals surface area contributed by atoms with Gasteiger partial charge >= 0.3 is 0 Å². The molecule has 5 heteroatoms. The van der Waals surface area contributed by atoms with Crippen LogP contribution in [0.15, 0.2) is 22.8 Å². The normalized spacial score (nSPS) is 11.8. The summed E-state index contributed by atoms with van der Waals surface area (Å²) in [7, 11) is 3.78. The van der Waals surface area contributed by atoms with Crippen molar-refractivity contribution >= 4 is 29.0 Å². The van der Waals surface area contributed by atoms with Crippen molar-refractivity contribution in [2.45, 2.75) is 0 Å². The molecule has 0 fully saturated rings. The number of nitrogens with zero attached hydrogens (tertiary/aromatic N) is 3. The summed E-state index contributed by atoms with van der Waals surface area (Å²) in [5, 5.41) is 4.80. The monoisotopic (exact) mass is 219 g/mol. The average molecular weight is 220 g/mol. The molecule has 0 saturated heterocycles. The van der Waals surface area contributed by atoms with Crippen LogP contribution in [0.4, 0.5) is 5.82 Å². The second kappa shape index (κ2) is 4.53. The van der Waals surface area contributed by atoms with Crippen molar-refractivity contribution in [3.05, 3.63) is 22.8 Å². The molecule has 0 amide bonds. The number of aromatic nitrogens is 2. The molecule has 0 aliphatic heterocycles. The summed E-state index contributed by atoms with van der Waals surface area (Å²) >= 11 is 11.2. The van der Waals surface area contributed by atoms with Crippen molar-refractivity contribution < 1.29 is 0 Å². The van der Waals surface area contributed by atoms with Crippen molar-refractivity contribution in [3.8, 4) is 0 Å². The van der Waals surface area contributed by atoms with Crippen LogP contribution in [0.1, 0.15) is 0 Å². The number of anilines is 1. The van der Waals surface area contributed by atoms with Crippen LogP contribution in [-0.2, 0) is 7.05 Å². The fourth-order valence-corrected chi connectivity index (χ4v) is 1.20. The molecule has 72 valence electrons. The van der Waals surface area contributed by atoms with Gasteiger partial charge in [0, 0.05) is 36.9 Å². The third kappa shape index (κ3) is 2.94. The number of likely N-dealkylation sites (N-methyl/N-ethyl adjacent to an activating group) is 1. The summed E-state index contributed by atoms with van der Waals surface area (Å²) in [5.41, 5.74) is 1.36. The largest absolute Gasteiger partial charge is 0.353 e. The molecule has 1 aromatic rings. The third-order valence-electron chi connectivity index (χ3n) is 1.60. The van der Waals surface area contributed by atoms with Crippen molar-refractivity contribution in [1.29, 1.82) is 0 Å². The van der Waals surface area contributed by atoms with Crippen LogP contribution in [0.5, 0.6) is 0 Å². The van der Waals surface area contributed by atoms with Crippen LogP contribution in [0.2, 0.25) is 0 Å². The van der Waals surface area contributed by atoms with E-state index in [9.17, 15) is 0 Å². The van der Waals surface area contributed by atoms with E-state index in [1.807, 2.05) is 31.3 Å². The Morgan fingerprint density at radius 3 is 2.92 bits per heavy atom. The zero-order valence-corrected chi connectivity index (χ0v) is 9.05. The van der Waals surface area contributed by atoms with Crippen LogP contribution in [0.3, 0.4) is 0 Å². The molecule has 0 saturated carbocycles. The number of hydrogen-bond donors (Lipinski definition) is 0. The number of aryl methyl sites for hydroxylation is 1. The lowest BCUT2D eigenvalue weighted by molar-refractivity contribution is 0.758. The van der Waals surface area contributed by atoms with Gasteiger partial charge in [-0.05, 0) is 0 Å². The van der Waals surface area contributed by atoms with Crippen molar-refractivity contribution in [1.82, 2.24) is 9.78 Å². The lowest BCUT2D eigenvalue weighted by Crippen LogP contribution is -2.19. The fraction of sp³-hybridized carbons (Fsp3) is 0.375. The molecule has 13 heavy (non-hydrogen) atoms. The zero-order valence-electron chi connectivity index (χ0n) is 7.54. The van der Waals surface area contributed by atoms with Crippen LogP contribution in [0.25, 0.3) is 0 Å². The molecule has 1 aromatic heterocycles. The van der Waals surface area contributed by atoms with E-state index in [2.05, 4.69) is 5.10 Å². The number of rotatable bonds is 3. The van der Waals surface area contributed by atoms with E-state index in [1.54, 1.807) is 4.68 Å². The lowest BCUT2D eigenvalue weighted by Gasteiger charge is -2.14. The standard InChI is InChI=1S/C8H11Cl2N3/c1-12(6-7(10)5-9)8-3-4-13(2)11-8/h3-5H,6H2,1-2H3/b7-5-. The van der Waals surface area contributed by atoms with E-state index in [0.29, 0.717) is 11.6 Å². The summed E-state index contributed by atoms with van der Waals surface area (Å²) in [6, 6.07) is 1.92. The minimum Gasteiger partial charge on any atom is -0.353 e. The van der Waals surface area contributed by atoms with E-state index in [-0.39, 0.29) is 0 Å². The first kappa shape index (κ1) is 10.4. The van der Waals surface area contributed by atoms with Crippen LogP contribution < -0.4 is 4.90 Å². The first-order chi connectivity index (χ1) is 6.13. The van der Waals surface area contributed by atoms with E-state index in [0.717, 1.165) is 5.82 Å². The molecule has 0 aliphatic rings. The molecule has 1 heterocycles. The van der Waals surface area contributed by atoms with Crippen molar-refractivity contribution in [2.75, 3.05) is 18.5 Å². The Morgan fingerprint density at radius 2 is 2.46 bits per heavy atom. The second-order valence-corrected chi connectivity index (χ2v) is 3.46. The summed E-state index contributed by atoms with van der Waals surface area (Å²) in [6.07, 6.45) is 1.88. The molecule has 0 N–H and O–H groups in total. The molecule has 1 rings (SSSR count). The van der Waals surface area contributed by atoms with Gasteiger partial charge in [-0.3, -0.25) is 4.68 Å². The molecule has 0 spiro atoms. The molecule has 3 nitrogen and oxygen atoms in total. The van der Waals surface area contributed by atoms with Gasteiger partial charge in [0.2, 0.25) is 0 Å². The van der Waals surface area contributed by atoms with E-state index < -0.39 is 0 Å². The Bertz CT molecular complexity index is 306. The summed E-state index contributed by atoms with van der Waals surface area (Å²) in [5.74, 6) is 0.874. The summed E-state index contributed by atoms with van der Waals surface area (Å²) in [6.45, 7) is 0.571. The Kier molecular flexibility index (Phi) is 3.63. The van der Waals surface area contributed by atoms with Gasteiger partial charge in [0.05, 0.1) is 6.54 Å². The summed E-state index contributed by atoms with van der Waals surface area (Å²) < 4.78 is 1.74. The minimum absolute atomic E-state index is 0.571. The van der Waals surface area contributed by atoms with Crippen molar-refractivity contribution in [3.63, 3.8) is 0 Å². The van der Waals surface area contributed by atoms with Gasteiger partial charge in [-0.1, -0.05) is 23.2 Å². The fourth-order valence-electron chi connectivity index (χ4n) is 0.948. The molecule has 0 aromatic carbocycles. The van der Waals surface area contributed by atoms with E-state index >= 15 is 0 Å². The SMILES string of the molecule is CN(C/C(Cl)=C/Cl)c1ccn(C)n1. The van der Waals surface area contributed by atoms with E-state index in [1.165, 1.54) is 5.54 Å². The smallest absolute Gasteiger partial charge is 0.150 e. The van der Waals surface area contributed by atoms with Crippen LogP contribution >= 0.6 is 23.2 Å². The van der Waals surface area contributed by atoms with Crippen LogP contribution in [-0.4, -0.2) is 23.4 Å². The van der Waals surface area contributed by atoms with Gasteiger partial charge in [0.25, 0.3) is 0 Å². The predicted molar refractivity (Wildman–Crippen MR) is 56.3 cm³/mol. The predicted octanol–water partition coefficient (Wildman–Crippen LogP) is 2.18. The van der Waals surface area contributed by atoms with Crippen molar-refractivity contribution in [2.24, 2.45) is 7.05 Å². The molecular formula is C8H11Cl2N3. The minimum atomic E-state index is 0.571. The maximum atomic E-state index is 5.77. The molecule has 0 unspecified atom stereocenters. The second-order valence-electron chi connectivity index (χ2n) is 2.76. The molecular weight excluding hydrogens is 209 g/mol. The Hall–Kier alpha value is -0.670. The van der Waals surface area contributed by atoms with Crippen LogP contribution in [0, 0.1) is 0 Å². The average Bonchev–Trinajstić information content (AvgIpc) is 2.51. The topological polar surface area (TPSA) is 21.1 Å².